The van der Waals surface area contributed by atoms with E-state index in [9.17, 15) is 4.79 Å². The Hall–Kier alpha value is -1.84. The Kier molecular flexibility index (Phi) is 4.76. The Balaban J connectivity index is 1.81. The molecule has 2 aliphatic rings. The molecule has 2 aliphatic heterocycles. The molecule has 1 N–H and O–H groups in total. The molecule has 2 heterocycles. The van der Waals surface area contributed by atoms with Crippen molar-refractivity contribution in [3.05, 3.63) is 29.8 Å². The average molecular weight is 299 g/mol. The van der Waals surface area contributed by atoms with Crippen molar-refractivity contribution in [2.75, 3.05) is 18.4 Å². The fraction of sp³-hybridized carbons (Fsp3) is 0.556. The molecule has 0 unspecified atom stereocenters. The van der Waals surface area contributed by atoms with Gasteiger partial charge in [-0.05, 0) is 31.4 Å². The van der Waals surface area contributed by atoms with Crippen LogP contribution in [0.2, 0.25) is 0 Å². The molecule has 1 amide bonds. The molecule has 0 saturated carbocycles. The van der Waals surface area contributed by atoms with E-state index in [1.165, 1.54) is 19.3 Å². The second-order valence-corrected chi connectivity index (χ2v) is 6.15. The number of anilines is 1. The van der Waals surface area contributed by atoms with Gasteiger partial charge in [-0.3, -0.25) is 9.79 Å². The van der Waals surface area contributed by atoms with Gasteiger partial charge in [0.25, 0.3) is 5.91 Å². The molecule has 0 bridgehead atoms. The van der Waals surface area contributed by atoms with Crippen LogP contribution in [0.5, 0.6) is 0 Å². The molecule has 1 aromatic carbocycles. The van der Waals surface area contributed by atoms with Gasteiger partial charge in [-0.15, -0.1) is 0 Å². The first kappa shape index (κ1) is 15.1. The lowest BCUT2D eigenvalue weighted by Gasteiger charge is -2.22. The maximum absolute atomic E-state index is 12.7. The van der Waals surface area contributed by atoms with Crippen LogP contribution in [-0.2, 0) is 0 Å². The van der Waals surface area contributed by atoms with Gasteiger partial charge in [-0.2, -0.15) is 0 Å². The molecule has 1 aromatic rings. The third kappa shape index (κ3) is 3.01. The Bertz CT molecular complexity index is 567. The van der Waals surface area contributed by atoms with Crippen molar-refractivity contribution in [3.8, 4) is 0 Å². The van der Waals surface area contributed by atoms with Crippen LogP contribution in [0.15, 0.2) is 29.3 Å². The van der Waals surface area contributed by atoms with Gasteiger partial charge in [0.15, 0.2) is 0 Å². The number of fused-ring (bicyclic) bond motifs is 2. The van der Waals surface area contributed by atoms with Crippen molar-refractivity contribution in [1.82, 2.24) is 4.90 Å². The predicted molar refractivity (Wildman–Crippen MR) is 90.6 cm³/mol. The first-order valence-corrected chi connectivity index (χ1v) is 8.52. The highest BCUT2D eigenvalue weighted by Gasteiger charge is 2.36. The van der Waals surface area contributed by atoms with Crippen molar-refractivity contribution in [1.29, 1.82) is 0 Å². The number of para-hydroxylation sites is 1. The number of rotatable bonds is 5. The summed E-state index contributed by atoms with van der Waals surface area (Å²) >= 11 is 0. The van der Waals surface area contributed by atoms with Gasteiger partial charge >= 0.3 is 0 Å². The van der Waals surface area contributed by atoms with E-state index in [0.717, 1.165) is 49.4 Å². The molecule has 1 atom stereocenters. The third-order valence-electron chi connectivity index (χ3n) is 4.54. The van der Waals surface area contributed by atoms with E-state index >= 15 is 0 Å². The molecule has 1 fully saturated rings. The maximum Gasteiger partial charge on any atom is 0.256 e. The van der Waals surface area contributed by atoms with Crippen molar-refractivity contribution in [2.24, 2.45) is 4.99 Å². The predicted octanol–water partition coefficient (Wildman–Crippen LogP) is 3.70. The number of carbonyl (C=O) groups is 1. The van der Waals surface area contributed by atoms with Gasteiger partial charge in [-0.25, -0.2) is 0 Å². The number of aliphatic imine (C=N–C) groups is 1. The number of unbranched alkanes of at least 4 members (excludes halogenated alkanes) is 3. The summed E-state index contributed by atoms with van der Waals surface area (Å²) in [6.45, 7) is 3.91. The van der Waals surface area contributed by atoms with Gasteiger partial charge in [0, 0.05) is 13.1 Å². The molecule has 0 aliphatic carbocycles. The topological polar surface area (TPSA) is 44.7 Å². The minimum atomic E-state index is 0.131. The molecule has 22 heavy (non-hydrogen) atoms. The van der Waals surface area contributed by atoms with Crippen LogP contribution in [0, 0.1) is 0 Å². The van der Waals surface area contributed by atoms with Crippen LogP contribution >= 0.6 is 0 Å². The molecular formula is C18H25N3O. The van der Waals surface area contributed by atoms with E-state index < -0.39 is 0 Å². The second kappa shape index (κ2) is 6.95. The summed E-state index contributed by atoms with van der Waals surface area (Å²) < 4.78 is 0. The van der Waals surface area contributed by atoms with E-state index in [1.807, 2.05) is 29.2 Å². The number of nitrogens with one attached hydrogen (secondary N) is 1. The van der Waals surface area contributed by atoms with Crippen molar-refractivity contribution in [2.45, 2.75) is 51.5 Å². The zero-order valence-electron chi connectivity index (χ0n) is 13.3. The summed E-state index contributed by atoms with van der Waals surface area (Å²) in [5.74, 6) is 1.12. The largest absolute Gasteiger partial charge is 0.342 e. The lowest BCUT2D eigenvalue weighted by molar-refractivity contribution is 0.0773. The molecule has 4 nitrogen and oxygen atoms in total. The lowest BCUT2D eigenvalue weighted by atomic mass is 10.1. The maximum atomic E-state index is 12.7. The van der Waals surface area contributed by atoms with E-state index in [1.54, 1.807) is 0 Å². The van der Waals surface area contributed by atoms with Gasteiger partial charge in [0.05, 0.1) is 17.3 Å². The Morgan fingerprint density at radius 3 is 3.00 bits per heavy atom. The normalized spacial score (nSPS) is 22.2. The molecule has 118 valence electrons. The summed E-state index contributed by atoms with van der Waals surface area (Å²) in [4.78, 5) is 19.5. The van der Waals surface area contributed by atoms with Gasteiger partial charge < -0.3 is 10.2 Å². The van der Waals surface area contributed by atoms with Gasteiger partial charge in [0.2, 0.25) is 0 Å². The number of benzene rings is 1. The van der Waals surface area contributed by atoms with Crippen LogP contribution < -0.4 is 5.32 Å². The minimum absolute atomic E-state index is 0.131. The fourth-order valence-corrected chi connectivity index (χ4v) is 3.33. The summed E-state index contributed by atoms with van der Waals surface area (Å²) in [5, 5.41) is 3.44. The third-order valence-corrected chi connectivity index (χ3v) is 4.54. The second-order valence-electron chi connectivity index (χ2n) is 6.15. The zero-order chi connectivity index (χ0) is 15.4. The quantitative estimate of drug-likeness (QED) is 0.843. The minimum Gasteiger partial charge on any atom is -0.342 e. The molecule has 3 rings (SSSR count). The molecule has 0 radical (unpaired) electrons. The first-order valence-electron chi connectivity index (χ1n) is 8.52. The van der Waals surface area contributed by atoms with Crippen molar-refractivity contribution >= 4 is 17.4 Å². The summed E-state index contributed by atoms with van der Waals surface area (Å²) in [5.41, 5.74) is 1.67. The lowest BCUT2D eigenvalue weighted by Crippen LogP contribution is -2.40. The number of amidine groups is 1. The zero-order valence-corrected chi connectivity index (χ0v) is 13.3. The molecular weight excluding hydrogens is 274 g/mol. The highest BCUT2D eigenvalue weighted by Crippen LogP contribution is 2.29. The Labute approximate surface area is 132 Å². The van der Waals surface area contributed by atoms with Crippen LogP contribution in [0.4, 0.5) is 5.69 Å². The SMILES string of the molecule is CCCCCCN=C1Nc2ccccc2C(=O)N2CCC[C@@H]12. The fourth-order valence-electron chi connectivity index (χ4n) is 3.33. The summed E-state index contributed by atoms with van der Waals surface area (Å²) in [6.07, 6.45) is 6.95. The van der Waals surface area contributed by atoms with E-state index in [0.29, 0.717) is 0 Å². The first-order chi connectivity index (χ1) is 10.8. The van der Waals surface area contributed by atoms with E-state index in [2.05, 4.69) is 12.2 Å². The number of hydrogen-bond donors (Lipinski definition) is 1. The van der Waals surface area contributed by atoms with E-state index in [-0.39, 0.29) is 11.9 Å². The Morgan fingerprint density at radius 2 is 2.14 bits per heavy atom. The standard InChI is InChI=1S/C18H25N3O/c1-2-3-4-7-12-19-17-16-11-8-13-21(16)18(22)14-9-5-6-10-15(14)20-17/h5-6,9-10,16H,2-4,7-8,11-13H2,1H3,(H,19,20)/t16-/m0/s1. The Morgan fingerprint density at radius 1 is 1.27 bits per heavy atom. The van der Waals surface area contributed by atoms with Gasteiger partial charge in [-0.1, -0.05) is 38.3 Å². The molecule has 1 saturated heterocycles. The number of amides is 1. The van der Waals surface area contributed by atoms with Crippen LogP contribution in [-0.4, -0.2) is 35.8 Å². The highest BCUT2D eigenvalue weighted by atomic mass is 16.2. The van der Waals surface area contributed by atoms with Crippen LogP contribution in [0.25, 0.3) is 0 Å². The van der Waals surface area contributed by atoms with Crippen molar-refractivity contribution in [3.63, 3.8) is 0 Å². The molecule has 0 aromatic heterocycles. The smallest absolute Gasteiger partial charge is 0.256 e. The number of carbonyl (C=O) groups excluding carboxylic acids is 1. The molecule has 4 heteroatoms. The van der Waals surface area contributed by atoms with E-state index in [4.69, 9.17) is 4.99 Å². The average Bonchev–Trinajstić information content (AvgIpc) is 2.99. The summed E-state index contributed by atoms with van der Waals surface area (Å²) in [7, 11) is 0. The molecule has 0 spiro atoms. The van der Waals surface area contributed by atoms with Crippen LogP contribution in [0.1, 0.15) is 55.8 Å². The number of hydrogen-bond acceptors (Lipinski definition) is 2. The van der Waals surface area contributed by atoms with Crippen molar-refractivity contribution < 1.29 is 4.79 Å². The summed E-state index contributed by atoms with van der Waals surface area (Å²) in [6, 6.07) is 7.91. The number of nitrogens with zero attached hydrogens (tertiary/aromatic N) is 2. The monoisotopic (exact) mass is 299 g/mol. The van der Waals surface area contributed by atoms with Crippen LogP contribution in [0.3, 0.4) is 0 Å². The van der Waals surface area contributed by atoms with Gasteiger partial charge in [0.1, 0.15) is 5.84 Å². The highest BCUT2D eigenvalue weighted by molar-refractivity contribution is 6.11.